The lowest BCUT2D eigenvalue weighted by molar-refractivity contribution is -0.205. The summed E-state index contributed by atoms with van der Waals surface area (Å²) >= 11 is 0. The molecule has 0 spiro atoms. The van der Waals surface area contributed by atoms with E-state index in [4.69, 9.17) is 10.5 Å². The van der Waals surface area contributed by atoms with E-state index in [1.807, 2.05) is 0 Å². The summed E-state index contributed by atoms with van der Waals surface area (Å²) in [6, 6.07) is 9.36. The topological polar surface area (TPSA) is 107 Å². The average molecular weight is 506 g/mol. The van der Waals surface area contributed by atoms with Crippen molar-refractivity contribution < 1.29 is 45.4 Å². The van der Waals surface area contributed by atoms with Crippen LogP contribution in [0.1, 0.15) is 30.3 Å². The Morgan fingerprint density at radius 1 is 1.11 bits per heavy atom. The highest BCUT2D eigenvalue weighted by Crippen LogP contribution is 2.32. The molecule has 1 saturated heterocycles. The van der Waals surface area contributed by atoms with Crippen molar-refractivity contribution in [1.29, 1.82) is 0 Å². The van der Waals surface area contributed by atoms with Gasteiger partial charge in [0.25, 0.3) is 0 Å². The monoisotopic (exact) mass is 506 g/mol. The molecule has 1 aliphatic heterocycles. The van der Waals surface area contributed by atoms with E-state index in [0.29, 0.717) is 31.1 Å². The van der Waals surface area contributed by atoms with E-state index in [1.165, 1.54) is 4.90 Å². The predicted octanol–water partition coefficient (Wildman–Crippen LogP) is 4.24. The van der Waals surface area contributed by atoms with Crippen molar-refractivity contribution in [2.45, 2.75) is 37.5 Å². The normalized spacial score (nSPS) is 17.5. The third kappa shape index (κ3) is 7.21. The van der Waals surface area contributed by atoms with Gasteiger partial charge in [-0.3, -0.25) is 5.73 Å². The molecule has 8 nitrogen and oxygen atoms in total. The third-order valence-electron chi connectivity index (χ3n) is 4.89. The number of aromatic nitrogens is 1. The number of rotatable bonds is 5. The maximum atomic E-state index is 13.3. The van der Waals surface area contributed by atoms with E-state index in [9.17, 15) is 35.9 Å². The fraction of sp³-hybridized carbons (Fsp3) is 0.381. The fourth-order valence-electron chi connectivity index (χ4n) is 3.26. The number of halogens is 6. The molecular weight excluding hydrogens is 486 g/mol. The Morgan fingerprint density at radius 3 is 2.43 bits per heavy atom. The number of hydrogen-bond donors (Lipinski definition) is 2. The van der Waals surface area contributed by atoms with Gasteiger partial charge in [-0.1, -0.05) is 18.2 Å². The van der Waals surface area contributed by atoms with Gasteiger partial charge in [0.05, 0.1) is 6.54 Å². The highest BCUT2D eigenvalue weighted by Gasteiger charge is 2.42. The molecule has 1 aromatic carbocycles. The quantitative estimate of drug-likeness (QED) is 0.357. The summed E-state index contributed by atoms with van der Waals surface area (Å²) in [5.41, 5.74) is 3.83. The Labute approximate surface area is 195 Å². The summed E-state index contributed by atoms with van der Waals surface area (Å²) in [6.07, 6.45) is -12.4. The van der Waals surface area contributed by atoms with Crippen LogP contribution >= 0.6 is 0 Å². The number of likely N-dealkylation sites (tertiary alicyclic amines) is 1. The summed E-state index contributed by atoms with van der Waals surface area (Å²) in [6.45, 7) is 0.388. The predicted molar refractivity (Wildman–Crippen MR) is 109 cm³/mol. The maximum absolute atomic E-state index is 13.3. The number of hydrogen-bond acceptors (Lipinski definition) is 6. The molecule has 0 aliphatic carbocycles. The zero-order chi connectivity index (χ0) is 25.8. The molecule has 3 N–H and O–H groups in total. The van der Waals surface area contributed by atoms with Gasteiger partial charge in [-0.15, -0.1) is 0 Å². The van der Waals surface area contributed by atoms with Gasteiger partial charge in [0.2, 0.25) is 5.88 Å². The molecule has 2 amide bonds. The molecule has 1 fully saturated rings. The molecule has 35 heavy (non-hydrogen) atoms. The highest BCUT2D eigenvalue weighted by molar-refractivity contribution is 5.89. The summed E-state index contributed by atoms with van der Waals surface area (Å²) in [4.78, 5) is 28.3. The van der Waals surface area contributed by atoms with Gasteiger partial charge in [-0.05, 0) is 31.0 Å². The zero-order valence-electron chi connectivity index (χ0n) is 17.9. The number of urea groups is 1. The number of nitrogens with one attached hydrogen (secondary N) is 1. The Balaban J connectivity index is 1.75. The van der Waals surface area contributed by atoms with Crippen LogP contribution in [-0.4, -0.2) is 47.3 Å². The van der Waals surface area contributed by atoms with Crippen LogP contribution in [0.5, 0.6) is 5.88 Å². The number of benzene rings is 1. The van der Waals surface area contributed by atoms with Gasteiger partial charge in [0.1, 0.15) is 11.8 Å². The summed E-state index contributed by atoms with van der Waals surface area (Å²) < 4.78 is 86.8. The Morgan fingerprint density at radius 2 is 1.80 bits per heavy atom. The number of carbonyl (C=O) groups is 2. The molecule has 2 aromatic rings. The number of amides is 2. The molecule has 3 rings (SSSR count). The fourth-order valence-corrected chi connectivity index (χ4v) is 3.26. The minimum atomic E-state index is -5.39. The van der Waals surface area contributed by atoms with Crippen LogP contribution in [-0.2, 0) is 15.7 Å². The number of nitrogens with zero attached hydrogens (tertiary/aromatic N) is 2. The number of carbonyl (C=O) groups excluding carboxylic acids is 2. The summed E-state index contributed by atoms with van der Waals surface area (Å²) in [7, 11) is 0. The van der Waals surface area contributed by atoms with Crippen LogP contribution in [0.25, 0.3) is 0 Å². The number of nitrogens with two attached hydrogens (primary N) is 1. The van der Waals surface area contributed by atoms with Crippen molar-refractivity contribution in [2.75, 3.05) is 18.4 Å². The standard InChI is InChI=1S/C21H20F6N4O4/c22-20(23,24)15-9-12(17(28)35-18(32)21(25,26)27)10-16(30-15)34-14-7-4-8-31(11-14)19(33)29-13-5-2-1-3-6-13/h1-3,5-6,9-10,14,17H,4,7-8,11,28H2,(H,29,33)/t14-,17?/m1/s1. The molecule has 2 heterocycles. The first-order valence-corrected chi connectivity index (χ1v) is 10.2. The molecular formula is C21H20F6N4O4. The van der Waals surface area contributed by atoms with Gasteiger partial charge in [0, 0.05) is 23.9 Å². The second-order valence-electron chi connectivity index (χ2n) is 7.57. The lowest BCUT2D eigenvalue weighted by Gasteiger charge is -2.32. The van der Waals surface area contributed by atoms with E-state index in [-0.39, 0.29) is 6.54 Å². The third-order valence-corrected chi connectivity index (χ3v) is 4.89. The van der Waals surface area contributed by atoms with Gasteiger partial charge in [-0.2, -0.15) is 26.3 Å². The molecule has 2 atom stereocenters. The molecule has 1 aliphatic rings. The van der Waals surface area contributed by atoms with Crippen LogP contribution < -0.4 is 15.8 Å². The lowest BCUT2D eigenvalue weighted by Crippen LogP contribution is -2.46. The number of pyridine rings is 1. The van der Waals surface area contributed by atoms with E-state index in [0.717, 1.165) is 6.07 Å². The molecule has 14 heteroatoms. The van der Waals surface area contributed by atoms with E-state index < -0.39 is 53.8 Å². The first-order valence-electron chi connectivity index (χ1n) is 10.2. The zero-order valence-corrected chi connectivity index (χ0v) is 17.9. The van der Waals surface area contributed by atoms with Crippen molar-refractivity contribution >= 4 is 17.7 Å². The van der Waals surface area contributed by atoms with Crippen LogP contribution in [0.3, 0.4) is 0 Å². The van der Waals surface area contributed by atoms with Crippen LogP contribution in [0.2, 0.25) is 0 Å². The minimum Gasteiger partial charge on any atom is -0.472 e. The van der Waals surface area contributed by atoms with Gasteiger partial charge in [-0.25, -0.2) is 14.6 Å². The molecule has 0 saturated carbocycles. The lowest BCUT2D eigenvalue weighted by atomic mass is 10.1. The first kappa shape index (κ1) is 26.1. The minimum absolute atomic E-state index is 0.0149. The van der Waals surface area contributed by atoms with Crippen LogP contribution in [0.4, 0.5) is 36.8 Å². The molecule has 1 aromatic heterocycles. The van der Waals surface area contributed by atoms with Gasteiger partial charge < -0.3 is 19.7 Å². The largest absolute Gasteiger partial charge is 0.490 e. The smallest absolute Gasteiger partial charge is 0.472 e. The van der Waals surface area contributed by atoms with E-state index in [1.54, 1.807) is 30.3 Å². The number of piperidine rings is 1. The van der Waals surface area contributed by atoms with E-state index in [2.05, 4.69) is 15.0 Å². The van der Waals surface area contributed by atoms with Crippen molar-refractivity contribution in [3.05, 3.63) is 53.7 Å². The summed E-state index contributed by atoms with van der Waals surface area (Å²) in [5, 5.41) is 2.69. The number of anilines is 1. The SMILES string of the molecule is NC(OC(=O)C(F)(F)F)c1cc(O[C@@H]2CCCN(C(=O)Nc3ccccc3)C2)nc(C(F)(F)F)c1. The van der Waals surface area contributed by atoms with Crippen LogP contribution in [0.15, 0.2) is 42.5 Å². The molecule has 190 valence electrons. The first-order chi connectivity index (χ1) is 16.3. The second-order valence-corrected chi connectivity index (χ2v) is 7.57. The van der Waals surface area contributed by atoms with Gasteiger partial charge >= 0.3 is 24.4 Å². The Hall–Kier alpha value is -3.55. The number of esters is 1. The molecule has 1 unspecified atom stereocenters. The van der Waals surface area contributed by atoms with Crippen molar-refractivity contribution in [3.63, 3.8) is 0 Å². The van der Waals surface area contributed by atoms with Crippen molar-refractivity contribution in [1.82, 2.24) is 9.88 Å². The second kappa shape index (κ2) is 10.4. The van der Waals surface area contributed by atoms with E-state index >= 15 is 0 Å². The number of alkyl halides is 6. The average Bonchev–Trinajstić information content (AvgIpc) is 2.78. The number of ether oxygens (including phenoxy) is 2. The van der Waals surface area contributed by atoms with Crippen LogP contribution in [0, 0.1) is 0 Å². The number of para-hydroxylation sites is 1. The molecule has 0 bridgehead atoms. The Bertz CT molecular complexity index is 1050. The van der Waals surface area contributed by atoms with Crippen molar-refractivity contribution in [2.24, 2.45) is 5.73 Å². The van der Waals surface area contributed by atoms with Gasteiger partial charge in [0.15, 0.2) is 6.23 Å². The molecule has 0 radical (unpaired) electrons. The highest BCUT2D eigenvalue weighted by atomic mass is 19.4. The summed E-state index contributed by atoms with van der Waals surface area (Å²) in [5.74, 6) is -3.26. The van der Waals surface area contributed by atoms with Crippen molar-refractivity contribution in [3.8, 4) is 5.88 Å². The maximum Gasteiger partial charge on any atom is 0.490 e. The Kier molecular flexibility index (Phi) is 7.73.